The number of aryl methyl sites for hydroxylation is 2. The molecule has 5 N–H and O–H groups in total. The predicted molar refractivity (Wildman–Crippen MR) is 146 cm³/mol. The van der Waals surface area contributed by atoms with Gasteiger partial charge in [0.2, 0.25) is 0 Å². The zero-order chi connectivity index (χ0) is 26.9. The second-order valence-electron chi connectivity index (χ2n) is 9.94. The Kier molecular flexibility index (Phi) is 8.26. The second-order valence-corrected chi connectivity index (χ2v) is 13.8. The summed E-state index contributed by atoms with van der Waals surface area (Å²) in [4.78, 5) is 13.5. The van der Waals surface area contributed by atoms with Crippen molar-refractivity contribution >= 4 is 40.8 Å². The highest BCUT2D eigenvalue weighted by Gasteiger charge is 2.36. The normalized spacial score (nSPS) is 18.3. The molecule has 3 rings (SSSR count). The minimum absolute atomic E-state index is 0.0407. The molecule has 0 spiro atoms. The molecule has 36 heavy (non-hydrogen) atoms. The standard InChI is InChI=1S/C23H36N5O6PS/c1-7-9-17-20(29)19(22(30)28(25-17)13-12-23(3,4)5)21-24-16-11-10-15(27-36(6,32)33)14-18(16)35(31,26-21)34-8-2/h10-11,14,27,29,32-33H,7-9,12-13H2,1-6H3,(H,24,26,31). The summed E-state index contributed by atoms with van der Waals surface area (Å²) in [5.74, 6) is -0.364. The molecule has 1 atom stereocenters. The maximum Gasteiger partial charge on any atom is 0.348 e. The predicted octanol–water partition coefficient (Wildman–Crippen LogP) is 4.77. The van der Waals surface area contributed by atoms with Crippen molar-refractivity contribution in [1.82, 2.24) is 9.78 Å². The highest BCUT2D eigenvalue weighted by atomic mass is 32.3. The Balaban J connectivity index is 2.17. The number of aromatic nitrogens is 2. The van der Waals surface area contributed by atoms with Crippen molar-refractivity contribution in [3.05, 3.63) is 39.8 Å². The molecular formula is C23H36N5O6PS. The Morgan fingerprint density at radius 2 is 1.94 bits per heavy atom. The molecule has 2 aromatic rings. The van der Waals surface area contributed by atoms with Crippen molar-refractivity contribution in [2.24, 2.45) is 10.2 Å². The van der Waals surface area contributed by atoms with Crippen molar-refractivity contribution in [1.29, 1.82) is 0 Å². The first-order valence-electron chi connectivity index (χ1n) is 11.8. The topological polar surface area (TPSA) is 158 Å². The molecular weight excluding hydrogens is 505 g/mol. The molecule has 0 saturated carbocycles. The van der Waals surface area contributed by atoms with Gasteiger partial charge in [0, 0.05) is 12.8 Å². The van der Waals surface area contributed by atoms with Gasteiger partial charge in [0.05, 0.1) is 23.3 Å². The monoisotopic (exact) mass is 541 g/mol. The molecule has 11 nitrogen and oxygen atoms in total. The number of fused-ring (bicyclic) bond motifs is 1. The summed E-state index contributed by atoms with van der Waals surface area (Å²) in [7, 11) is -6.96. The van der Waals surface area contributed by atoms with E-state index >= 15 is 0 Å². The van der Waals surface area contributed by atoms with Crippen LogP contribution >= 0.6 is 18.3 Å². The number of amidine groups is 1. The molecule has 2 heterocycles. The van der Waals surface area contributed by atoms with Gasteiger partial charge in [0.25, 0.3) is 5.56 Å². The summed E-state index contributed by atoms with van der Waals surface area (Å²) in [5.41, 5.74) is 0.337. The third kappa shape index (κ3) is 6.49. The van der Waals surface area contributed by atoms with Crippen molar-refractivity contribution in [3.63, 3.8) is 0 Å². The van der Waals surface area contributed by atoms with Gasteiger partial charge in [-0.2, -0.15) is 9.86 Å². The Morgan fingerprint density at radius 1 is 1.25 bits per heavy atom. The van der Waals surface area contributed by atoms with E-state index in [0.29, 0.717) is 42.9 Å². The number of rotatable bonds is 9. The van der Waals surface area contributed by atoms with Gasteiger partial charge in [-0.05, 0) is 43.4 Å². The number of benzene rings is 1. The van der Waals surface area contributed by atoms with E-state index in [-0.39, 0.29) is 34.5 Å². The van der Waals surface area contributed by atoms with Crippen LogP contribution in [0.25, 0.3) is 0 Å². The largest absolute Gasteiger partial charge is 0.505 e. The van der Waals surface area contributed by atoms with Gasteiger partial charge in [-0.15, -0.1) is 10.8 Å². The molecule has 1 unspecified atom stereocenters. The second kappa shape index (κ2) is 10.5. The molecule has 0 aliphatic carbocycles. The van der Waals surface area contributed by atoms with Crippen LogP contribution in [0.5, 0.6) is 5.75 Å². The average molecular weight is 542 g/mol. The number of nitrogens with zero attached hydrogens (tertiary/aromatic N) is 3. The Labute approximate surface area is 213 Å². The molecule has 0 amide bonds. The third-order valence-corrected chi connectivity index (χ3v) is 8.07. The Morgan fingerprint density at radius 3 is 2.53 bits per heavy atom. The van der Waals surface area contributed by atoms with Crippen molar-refractivity contribution < 1.29 is 23.3 Å². The highest BCUT2D eigenvalue weighted by molar-refractivity contribution is 8.24. The molecule has 1 aromatic heterocycles. The van der Waals surface area contributed by atoms with E-state index in [1.165, 1.54) is 17.0 Å². The zero-order valence-electron chi connectivity index (χ0n) is 21.5. The first-order valence-corrected chi connectivity index (χ1v) is 15.3. The summed E-state index contributed by atoms with van der Waals surface area (Å²) in [5, 5.41) is 18.7. The van der Waals surface area contributed by atoms with Crippen molar-refractivity contribution in [2.45, 2.75) is 60.4 Å². The molecule has 200 valence electrons. The fourth-order valence-electron chi connectivity index (χ4n) is 3.71. The molecule has 0 bridgehead atoms. The summed E-state index contributed by atoms with van der Waals surface area (Å²) in [6.07, 6.45) is 3.06. The summed E-state index contributed by atoms with van der Waals surface area (Å²) < 4.78 is 47.3. The number of anilines is 2. The van der Waals surface area contributed by atoms with Crippen LogP contribution in [0.2, 0.25) is 0 Å². The van der Waals surface area contributed by atoms with Crippen LogP contribution in [0.3, 0.4) is 0 Å². The van der Waals surface area contributed by atoms with Crippen LogP contribution in [0.1, 0.15) is 58.7 Å². The van der Waals surface area contributed by atoms with Crippen LogP contribution in [-0.2, 0) is 22.1 Å². The highest BCUT2D eigenvalue weighted by Crippen LogP contribution is 2.52. The Hall–Kier alpha value is -2.37. The average Bonchev–Trinajstić information content (AvgIpc) is 2.74. The lowest BCUT2D eigenvalue weighted by Gasteiger charge is -2.30. The first kappa shape index (κ1) is 28.2. The van der Waals surface area contributed by atoms with Gasteiger partial charge in [-0.25, -0.2) is 4.68 Å². The van der Waals surface area contributed by atoms with Gasteiger partial charge < -0.3 is 14.9 Å². The maximum absolute atomic E-state index is 13.9. The number of hydrogen-bond donors (Lipinski definition) is 5. The van der Waals surface area contributed by atoms with Gasteiger partial charge >= 0.3 is 7.52 Å². The van der Waals surface area contributed by atoms with Gasteiger partial charge in [-0.3, -0.25) is 23.2 Å². The molecule has 0 saturated heterocycles. The van der Waals surface area contributed by atoms with Crippen LogP contribution in [0.4, 0.5) is 11.4 Å². The van der Waals surface area contributed by atoms with E-state index in [1.807, 2.05) is 6.92 Å². The Bertz CT molecular complexity index is 1270. The van der Waals surface area contributed by atoms with Crippen LogP contribution < -0.4 is 20.9 Å². The molecule has 0 fully saturated rings. The fraction of sp³-hybridized carbons (Fsp3) is 0.522. The third-order valence-electron chi connectivity index (χ3n) is 5.40. The van der Waals surface area contributed by atoms with Gasteiger partial charge in [0.1, 0.15) is 11.3 Å². The molecule has 1 aromatic carbocycles. The SMILES string of the molecule is CCCc1nn(CCC(C)(C)C)c(=O)c(C2=NP(=O)(OCC)c3cc(NS(C)(O)O)ccc3N2)c1O. The number of aromatic hydroxyl groups is 1. The van der Waals surface area contributed by atoms with E-state index in [4.69, 9.17) is 4.52 Å². The lowest BCUT2D eigenvalue weighted by atomic mass is 9.92. The van der Waals surface area contributed by atoms with Crippen LogP contribution in [-0.4, -0.2) is 42.7 Å². The van der Waals surface area contributed by atoms with E-state index in [9.17, 15) is 23.6 Å². The summed E-state index contributed by atoms with van der Waals surface area (Å²) >= 11 is 0. The summed E-state index contributed by atoms with van der Waals surface area (Å²) in [6, 6.07) is 4.61. The molecule has 13 heteroatoms. The van der Waals surface area contributed by atoms with Crippen LogP contribution in [0.15, 0.2) is 27.8 Å². The first-order chi connectivity index (χ1) is 16.7. The smallest absolute Gasteiger partial charge is 0.348 e. The molecule has 1 aliphatic rings. The minimum Gasteiger partial charge on any atom is -0.505 e. The molecule has 1 aliphatic heterocycles. The lowest BCUT2D eigenvalue weighted by Crippen LogP contribution is -2.35. The van der Waals surface area contributed by atoms with Gasteiger partial charge in [0.15, 0.2) is 11.6 Å². The maximum atomic E-state index is 13.9. The number of hydrogen-bond acceptors (Lipinski definition) is 9. The minimum atomic E-state index is -3.89. The zero-order valence-corrected chi connectivity index (χ0v) is 23.2. The van der Waals surface area contributed by atoms with E-state index in [0.717, 1.165) is 0 Å². The quantitative estimate of drug-likeness (QED) is 0.282. The van der Waals surface area contributed by atoms with Crippen molar-refractivity contribution in [2.75, 3.05) is 22.9 Å². The van der Waals surface area contributed by atoms with Gasteiger partial charge in [-0.1, -0.05) is 34.1 Å². The van der Waals surface area contributed by atoms with E-state index in [2.05, 4.69) is 40.7 Å². The van der Waals surface area contributed by atoms with Crippen molar-refractivity contribution in [3.8, 4) is 5.75 Å². The fourth-order valence-corrected chi connectivity index (χ4v) is 6.08. The summed E-state index contributed by atoms with van der Waals surface area (Å²) in [6.45, 7) is 10.2. The molecule has 0 radical (unpaired) electrons. The van der Waals surface area contributed by atoms with E-state index < -0.39 is 23.9 Å². The van der Waals surface area contributed by atoms with E-state index in [1.54, 1.807) is 19.1 Å². The number of nitrogens with one attached hydrogen (secondary N) is 2. The van der Waals surface area contributed by atoms with Crippen LogP contribution in [0, 0.1) is 5.41 Å². The lowest BCUT2D eigenvalue weighted by molar-refractivity contribution is 0.332.